The average molecular weight is 160 g/mol. The van der Waals surface area contributed by atoms with Crippen LogP contribution in [0.15, 0.2) is 34.3 Å². The molecule has 1 aromatic carbocycles. The van der Waals surface area contributed by atoms with Crippen LogP contribution >= 0.6 is 0 Å². The normalized spacial score (nSPS) is 20.8. The van der Waals surface area contributed by atoms with Crippen molar-refractivity contribution in [2.45, 2.75) is 13.0 Å². The van der Waals surface area contributed by atoms with Crippen LogP contribution in [0, 0.1) is 0 Å². The minimum atomic E-state index is -0.320. The molecular formula is C9H8N2O. The molecule has 1 atom stereocenters. The Hall–Kier alpha value is -1.51. The smallest absolute Gasteiger partial charge is 0.270 e. The molecule has 0 spiro atoms. The maximum atomic E-state index is 11.1. The number of hydrogen-bond donors (Lipinski definition) is 0. The fraction of sp³-hybridized carbons (Fsp3) is 0.222. The lowest BCUT2D eigenvalue weighted by atomic mass is 10.2. The molecule has 0 unspecified atom stereocenters. The molecule has 0 radical (unpaired) electrons. The van der Waals surface area contributed by atoms with Crippen LogP contribution in [0.5, 0.6) is 0 Å². The van der Waals surface area contributed by atoms with Crippen molar-refractivity contribution < 1.29 is 4.79 Å². The van der Waals surface area contributed by atoms with Crippen molar-refractivity contribution in [2.75, 3.05) is 0 Å². The van der Waals surface area contributed by atoms with E-state index in [0.717, 1.165) is 5.36 Å². The highest BCUT2D eigenvalue weighted by atomic mass is 16.1. The van der Waals surface area contributed by atoms with E-state index in [4.69, 9.17) is 0 Å². The van der Waals surface area contributed by atoms with Gasteiger partial charge in [0, 0.05) is 0 Å². The highest BCUT2D eigenvalue weighted by Crippen LogP contribution is 1.93. The summed E-state index contributed by atoms with van der Waals surface area (Å²) in [5.41, 5.74) is 0. The highest BCUT2D eigenvalue weighted by molar-refractivity contribution is 5.82. The van der Waals surface area contributed by atoms with Crippen molar-refractivity contribution in [1.29, 1.82) is 0 Å². The highest BCUT2D eigenvalue weighted by Gasteiger charge is 2.12. The number of fused-ring (bicyclic) bond motifs is 1. The number of rotatable bonds is 0. The summed E-state index contributed by atoms with van der Waals surface area (Å²) in [5.74, 6) is -0.159. The Balaban J connectivity index is 2.79. The second-order valence-corrected chi connectivity index (χ2v) is 2.74. The van der Waals surface area contributed by atoms with Crippen molar-refractivity contribution in [1.82, 2.24) is 0 Å². The van der Waals surface area contributed by atoms with Gasteiger partial charge in [0.2, 0.25) is 0 Å². The summed E-state index contributed by atoms with van der Waals surface area (Å²) in [6.45, 7) is 1.75. The maximum Gasteiger partial charge on any atom is 0.270 e. The summed E-state index contributed by atoms with van der Waals surface area (Å²) in [4.78, 5) is 19.2. The number of carbonyl (C=O) groups excluding carboxylic acids is 1. The Morgan fingerprint density at radius 1 is 1.25 bits per heavy atom. The van der Waals surface area contributed by atoms with Gasteiger partial charge >= 0.3 is 0 Å². The van der Waals surface area contributed by atoms with E-state index in [1.165, 1.54) is 0 Å². The molecule has 60 valence electrons. The zero-order valence-electron chi connectivity index (χ0n) is 6.69. The van der Waals surface area contributed by atoms with Crippen LogP contribution in [0.3, 0.4) is 0 Å². The van der Waals surface area contributed by atoms with Crippen molar-refractivity contribution in [3.05, 3.63) is 35.0 Å². The van der Waals surface area contributed by atoms with E-state index in [-0.39, 0.29) is 11.9 Å². The quantitative estimate of drug-likeness (QED) is 0.520. The summed E-state index contributed by atoms with van der Waals surface area (Å²) < 4.78 is 0. The summed E-state index contributed by atoms with van der Waals surface area (Å²) in [7, 11) is 0. The molecule has 0 aliphatic carbocycles. The van der Waals surface area contributed by atoms with E-state index < -0.39 is 0 Å². The van der Waals surface area contributed by atoms with Crippen molar-refractivity contribution in [2.24, 2.45) is 9.98 Å². The molecule has 1 amide bonds. The van der Waals surface area contributed by atoms with Gasteiger partial charge in [0.15, 0.2) is 0 Å². The van der Waals surface area contributed by atoms with Crippen LogP contribution in [0.25, 0.3) is 0 Å². The van der Waals surface area contributed by atoms with Gasteiger partial charge in [-0.25, -0.2) is 4.99 Å². The minimum Gasteiger partial charge on any atom is -0.270 e. The summed E-state index contributed by atoms with van der Waals surface area (Å²) in [5, 5.41) is 1.49. The first-order valence-corrected chi connectivity index (χ1v) is 3.83. The molecule has 3 nitrogen and oxygen atoms in total. The van der Waals surface area contributed by atoms with Crippen LogP contribution in [0.1, 0.15) is 6.92 Å². The van der Waals surface area contributed by atoms with Gasteiger partial charge in [-0.15, -0.1) is 0 Å². The maximum absolute atomic E-state index is 11.1. The van der Waals surface area contributed by atoms with Gasteiger partial charge in [-0.3, -0.25) is 9.79 Å². The third-order valence-corrected chi connectivity index (χ3v) is 1.80. The molecular weight excluding hydrogens is 152 g/mol. The summed E-state index contributed by atoms with van der Waals surface area (Å²) >= 11 is 0. The molecule has 1 aromatic rings. The van der Waals surface area contributed by atoms with Gasteiger partial charge < -0.3 is 0 Å². The van der Waals surface area contributed by atoms with E-state index in [1.807, 2.05) is 18.2 Å². The van der Waals surface area contributed by atoms with Crippen molar-refractivity contribution in [3.63, 3.8) is 0 Å². The number of nitrogens with zero attached hydrogens (tertiary/aromatic N) is 2. The molecule has 1 heterocycles. The predicted molar refractivity (Wildman–Crippen MR) is 43.2 cm³/mol. The van der Waals surface area contributed by atoms with Crippen molar-refractivity contribution >= 4 is 5.91 Å². The Labute approximate surface area is 69.5 Å². The second-order valence-electron chi connectivity index (χ2n) is 2.74. The third-order valence-electron chi connectivity index (χ3n) is 1.80. The predicted octanol–water partition coefficient (Wildman–Crippen LogP) is -0.145. The molecule has 12 heavy (non-hydrogen) atoms. The number of para-hydroxylation sites is 2. The standard InChI is InChI=1S/C9H8N2O/c1-6-9(12)11-8-5-3-2-4-7(8)10-6/h2-6H,1H3/t6-/m0/s1. The summed E-state index contributed by atoms with van der Waals surface area (Å²) in [6, 6.07) is 7.08. The average Bonchev–Trinajstić information content (AvgIpc) is 2.07. The minimum absolute atomic E-state index is 0.159. The van der Waals surface area contributed by atoms with E-state index in [9.17, 15) is 4.79 Å². The molecule has 2 rings (SSSR count). The Kier molecular flexibility index (Phi) is 1.50. The van der Waals surface area contributed by atoms with Crippen LogP contribution in [0.2, 0.25) is 0 Å². The Bertz CT molecular complexity index is 436. The van der Waals surface area contributed by atoms with Crippen molar-refractivity contribution in [3.8, 4) is 0 Å². The fourth-order valence-corrected chi connectivity index (χ4v) is 1.14. The number of hydrogen-bond acceptors (Lipinski definition) is 2. The van der Waals surface area contributed by atoms with Crippen LogP contribution < -0.4 is 10.7 Å². The number of amides is 1. The van der Waals surface area contributed by atoms with E-state index in [1.54, 1.807) is 13.0 Å². The van der Waals surface area contributed by atoms with E-state index >= 15 is 0 Å². The van der Waals surface area contributed by atoms with E-state index in [0.29, 0.717) is 5.36 Å². The van der Waals surface area contributed by atoms with Crippen LogP contribution in [-0.2, 0) is 4.79 Å². The van der Waals surface area contributed by atoms with Gasteiger partial charge in [0.05, 0.1) is 10.7 Å². The zero-order valence-corrected chi connectivity index (χ0v) is 6.69. The van der Waals surface area contributed by atoms with Gasteiger partial charge in [-0.05, 0) is 19.1 Å². The molecule has 3 heteroatoms. The number of benzene rings is 1. The Morgan fingerprint density at radius 3 is 2.67 bits per heavy atom. The molecule has 1 aliphatic rings. The first kappa shape index (κ1) is 7.16. The van der Waals surface area contributed by atoms with Gasteiger partial charge in [0.1, 0.15) is 6.04 Å². The van der Waals surface area contributed by atoms with Crippen LogP contribution in [0.4, 0.5) is 0 Å². The zero-order chi connectivity index (χ0) is 8.55. The van der Waals surface area contributed by atoms with Crippen LogP contribution in [-0.4, -0.2) is 11.9 Å². The SMILES string of the molecule is C[C@@H]1N=c2ccccc2=NC1=O. The molecule has 1 aliphatic heterocycles. The first-order chi connectivity index (χ1) is 5.77. The lowest BCUT2D eigenvalue weighted by Crippen LogP contribution is -2.35. The first-order valence-electron chi connectivity index (χ1n) is 3.83. The molecule has 0 N–H and O–H groups in total. The number of carbonyl (C=O) groups is 1. The molecule has 0 saturated heterocycles. The van der Waals surface area contributed by atoms with Gasteiger partial charge in [-0.2, -0.15) is 0 Å². The fourth-order valence-electron chi connectivity index (χ4n) is 1.14. The third kappa shape index (κ3) is 1.03. The monoisotopic (exact) mass is 160 g/mol. The Morgan fingerprint density at radius 2 is 1.92 bits per heavy atom. The van der Waals surface area contributed by atoms with E-state index in [2.05, 4.69) is 9.98 Å². The van der Waals surface area contributed by atoms with Gasteiger partial charge in [0.25, 0.3) is 5.91 Å². The molecule has 0 bridgehead atoms. The molecule has 0 aromatic heterocycles. The van der Waals surface area contributed by atoms with Gasteiger partial charge in [-0.1, -0.05) is 12.1 Å². The lowest BCUT2D eigenvalue weighted by molar-refractivity contribution is -0.119. The molecule has 0 saturated carbocycles. The summed E-state index contributed by atoms with van der Waals surface area (Å²) in [6.07, 6.45) is 0. The topological polar surface area (TPSA) is 41.8 Å². The largest absolute Gasteiger partial charge is 0.270 e. The second kappa shape index (κ2) is 2.52. The molecule has 0 fully saturated rings. The lowest BCUT2D eigenvalue weighted by Gasteiger charge is -2.04.